The minimum Gasteiger partial charge on any atom is -0.372 e. The third kappa shape index (κ3) is 3.36. The van der Waals surface area contributed by atoms with Crippen molar-refractivity contribution >= 4 is 5.91 Å². The second-order valence-electron chi connectivity index (χ2n) is 3.56. The number of benzene rings is 1. The maximum atomic E-state index is 11.7. The lowest BCUT2D eigenvalue weighted by molar-refractivity contribution is -0.140. The lowest BCUT2D eigenvalue weighted by Gasteiger charge is -2.20. The molecule has 0 fully saturated rings. The molecule has 0 N–H and O–H groups in total. The van der Waals surface area contributed by atoms with Crippen LogP contribution in [0.25, 0.3) is 0 Å². The molecule has 0 aliphatic carbocycles. The fourth-order valence-electron chi connectivity index (χ4n) is 1.35. The molecule has 82 valence electrons. The van der Waals surface area contributed by atoms with Crippen molar-refractivity contribution in [3.8, 4) is 0 Å². The highest BCUT2D eigenvalue weighted by Crippen LogP contribution is 2.04. The predicted octanol–water partition coefficient (Wildman–Crippen LogP) is 1.68. The third-order valence-electron chi connectivity index (χ3n) is 2.34. The van der Waals surface area contributed by atoms with Crippen LogP contribution in [0.1, 0.15) is 12.5 Å². The van der Waals surface area contributed by atoms with Gasteiger partial charge in [0.1, 0.15) is 6.10 Å². The van der Waals surface area contributed by atoms with E-state index in [1.165, 1.54) is 0 Å². The van der Waals surface area contributed by atoms with E-state index in [2.05, 4.69) is 0 Å². The lowest BCUT2D eigenvalue weighted by atomic mass is 10.2. The number of ether oxygens (including phenoxy) is 1. The average Bonchev–Trinajstić information content (AvgIpc) is 2.28. The van der Waals surface area contributed by atoms with Crippen molar-refractivity contribution in [2.45, 2.75) is 19.6 Å². The zero-order chi connectivity index (χ0) is 11.3. The van der Waals surface area contributed by atoms with Crippen LogP contribution in [0, 0.1) is 0 Å². The largest absolute Gasteiger partial charge is 0.372 e. The number of carbonyl (C=O) groups is 1. The summed E-state index contributed by atoms with van der Waals surface area (Å²) in [6, 6.07) is 9.90. The highest BCUT2D eigenvalue weighted by atomic mass is 16.5. The lowest BCUT2D eigenvalue weighted by Crippen LogP contribution is -2.35. The van der Waals surface area contributed by atoms with Gasteiger partial charge in [-0.3, -0.25) is 4.79 Å². The highest BCUT2D eigenvalue weighted by Gasteiger charge is 2.16. The molecule has 1 rings (SSSR count). The summed E-state index contributed by atoms with van der Waals surface area (Å²) in [5.74, 6) is 0.00125. The van der Waals surface area contributed by atoms with E-state index >= 15 is 0 Å². The van der Waals surface area contributed by atoms with Crippen molar-refractivity contribution in [1.82, 2.24) is 4.90 Å². The maximum Gasteiger partial charge on any atom is 0.251 e. The first-order valence-corrected chi connectivity index (χ1v) is 4.97. The molecule has 0 heterocycles. The molecule has 3 heteroatoms. The van der Waals surface area contributed by atoms with Crippen LogP contribution in [-0.4, -0.2) is 31.1 Å². The van der Waals surface area contributed by atoms with Crippen molar-refractivity contribution in [3.63, 3.8) is 0 Å². The number of hydrogen-bond donors (Lipinski definition) is 0. The molecular weight excluding hydrogens is 190 g/mol. The summed E-state index contributed by atoms with van der Waals surface area (Å²) < 4.78 is 4.98. The SMILES string of the molecule is COC(C)C(=O)N(C)Cc1ccccc1. The smallest absolute Gasteiger partial charge is 0.251 e. The van der Waals surface area contributed by atoms with E-state index in [0.29, 0.717) is 6.54 Å². The molecule has 1 unspecified atom stereocenters. The summed E-state index contributed by atoms with van der Waals surface area (Å²) >= 11 is 0. The van der Waals surface area contributed by atoms with Crippen molar-refractivity contribution in [3.05, 3.63) is 35.9 Å². The summed E-state index contributed by atoms with van der Waals surface area (Å²) in [6.45, 7) is 2.37. The van der Waals surface area contributed by atoms with Crippen LogP contribution in [0.15, 0.2) is 30.3 Å². The summed E-state index contributed by atoms with van der Waals surface area (Å²) in [5.41, 5.74) is 1.12. The molecule has 3 nitrogen and oxygen atoms in total. The van der Waals surface area contributed by atoms with Gasteiger partial charge in [0.05, 0.1) is 0 Å². The first-order valence-electron chi connectivity index (χ1n) is 4.97. The van der Waals surface area contributed by atoms with Crippen molar-refractivity contribution in [2.24, 2.45) is 0 Å². The maximum absolute atomic E-state index is 11.7. The van der Waals surface area contributed by atoms with Gasteiger partial charge in [-0.25, -0.2) is 0 Å². The molecule has 1 amide bonds. The van der Waals surface area contributed by atoms with E-state index in [4.69, 9.17) is 4.74 Å². The van der Waals surface area contributed by atoms with Gasteiger partial charge in [0.15, 0.2) is 0 Å². The Morgan fingerprint density at radius 1 is 1.40 bits per heavy atom. The van der Waals surface area contributed by atoms with E-state index in [9.17, 15) is 4.79 Å². The fourth-order valence-corrected chi connectivity index (χ4v) is 1.35. The molecule has 0 radical (unpaired) electrons. The van der Waals surface area contributed by atoms with Gasteiger partial charge in [-0.1, -0.05) is 30.3 Å². The van der Waals surface area contributed by atoms with Crippen molar-refractivity contribution in [2.75, 3.05) is 14.2 Å². The van der Waals surface area contributed by atoms with Crippen LogP contribution in [-0.2, 0) is 16.1 Å². The minimum absolute atomic E-state index is 0.00125. The molecule has 1 aromatic carbocycles. The van der Waals surface area contributed by atoms with Crippen LogP contribution in [0.5, 0.6) is 0 Å². The Morgan fingerprint density at radius 2 is 2.00 bits per heavy atom. The number of nitrogens with zero attached hydrogens (tertiary/aromatic N) is 1. The molecule has 0 saturated carbocycles. The van der Waals surface area contributed by atoms with Crippen LogP contribution >= 0.6 is 0 Å². The highest BCUT2D eigenvalue weighted by molar-refractivity contribution is 5.80. The van der Waals surface area contributed by atoms with Crippen LogP contribution in [0.4, 0.5) is 0 Å². The first-order chi connectivity index (χ1) is 7.15. The van der Waals surface area contributed by atoms with Gasteiger partial charge in [0.25, 0.3) is 5.91 Å². The van der Waals surface area contributed by atoms with E-state index in [1.807, 2.05) is 30.3 Å². The fraction of sp³-hybridized carbons (Fsp3) is 0.417. The van der Waals surface area contributed by atoms with E-state index in [0.717, 1.165) is 5.56 Å². The monoisotopic (exact) mass is 207 g/mol. The Hall–Kier alpha value is -1.35. The average molecular weight is 207 g/mol. The standard InChI is InChI=1S/C12H17NO2/c1-10(15-3)12(14)13(2)9-11-7-5-4-6-8-11/h4-8,10H,9H2,1-3H3. The van der Waals surface area contributed by atoms with Gasteiger partial charge in [-0.15, -0.1) is 0 Å². The van der Waals surface area contributed by atoms with Gasteiger partial charge in [-0.2, -0.15) is 0 Å². The van der Waals surface area contributed by atoms with Gasteiger partial charge in [0, 0.05) is 20.7 Å². The number of carbonyl (C=O) groups excluding carboxylic acids is 1. The molecule has 1 atom stereocenters. The van der Waals surface area contributed by atoms with Gasteiger partial charge in [-0.05, 0) is 12.5 Å². The molecule has 0 saturated heterocycles. The van der Waals surface area contributed by atoms with Gasteiger partial charge >= 0.3 is 0 Å². The molecule has 15 heavy (non-hydrogen) atoms. The van der Waals surface area contributed by atoms with Crippen LogP contribution in [0.2, 0.25) is 0 Å². The quantitative estimate of drug-likeness (QED) is 0.751. The molecular formula is C12H17NO2. The molecule has 0 aliphatic rings. The Labute approximate surface area is 90.7 Å². The molecule has 0 aromatic heterocycles. The summed E-state index contributed by atoms with van der Waals surface area (Å²) in [7, 11) is 3.32. The van der Waals surface area contributed by atoms with Crippen LogP contribution in [0.3, 0.4) is 0 Å². The molecule has 0 bridgehead atoms. The Kier molecular flexibility index (Phi) is 4.31. The molecule has 0 spiro atoms. The topological polar surface area (TPSA) is 29.5 Å². The van der Waals surface area contributed by atoms with E-state index in [-0.39, 0.29) is 12.0 Å². The molecule has 1 aromatic rings. The van der Waals surface area contributed by atoms with Crippen molar-refractivity contribution in [1.29, 1.82) is 0 Å². The second-order valence-corrected chi connectivity index (χ2v) is 3.56. The Bertz CT molecular complexity index is 311. The summed E-state index contributed by atoms with van der Waals surface area (Å²) in [6.07, 6.45) is -0.376. The van der Waals surface area contributed by atoms with E-state index in [1.54, 1.807) is 26.0 Å². The number of hydrogen-bond acceptors (Lipinski definition) is 2. The Morgan fingerprint density at radius 3 is 2.53 bits per heavy atom. The van der Waals surface area contributed by atoms with Gasteiger partial charge in [0.2, 0.25) is 0 Å². The number of methoxy groups -OCH3 is 1. The van der Waals surface area contributed by atoms with Crippen LogP contribution < -0.4 is 0 Å². The van der Waals surface area contributed by atoms with Crippen molar-refractivity contribution < 1.29 is 9.53 Å². The number of amides is 1. The summed E-state index contributed by atoms with van der Waals surface area (Å²) in [4.78, 5) is 13.3. The third-order valence-corrected chi connectivity index (χ3v) is 2.34. The minimum atomic E-state index is -0.376. The summed E-state index contributed by atoms with van der Waals surface area (Å²) in [5, 5.41) is 0. The zero-order valence-corrected chi connectivity index (χ0v) is 9.43. The first kappa shape index (κ1) is 11.7. The normalized spacial score (nSPS) is 12.2. The number of rotatable bonds is 4. The molecule has 0 aliphatic heterocycles. The van der Waals surface area contributed by atoms with E-state index < -0.39 is 0 Å². The van der Waals surface area contributed by atoms with Gasteiger partial charge < -0.3 is 9.64 Å². The Balaban J connectivity index is 2.56. The zero-order valence-electron chi connectivity index (χ0n) is 9.43. The second kappa shape index (κ2) is 5.51. The predicted molar refractivity (Wildman–Crippen MR) is 59.4 cm³/mol. The number of likely N-dealkylation sites (N-methyl/N-ethyl adjacent to an activating group) is 1.